The number of fused-ring (bicyclic) bond motifs is 5. The van der Waals surface area contributed by atoms with E-state index in [4.69, 9.17) is 0 Å². The second-order valence-corrected chi connectivity index (χ2v) is 6.85. The van der Waals surface area contributed by atoms with Crippen LogP contribution in [0.5, 0.6) is 0 Å². The van der Waals surface area contributed by atoms with E-state index < -0.39 is 15.6 Å². The summed E-state index contributed by atoms with van der Waals surface area (Å²) in [6.07, 6.45) is 5.49. The highest BCUT2D eigenvalue weighted by Gasteiger charge is 2.55. The average Bonchev–Trinajstić information content (AvgIpc) is 2.82. The topological polar surface area (TPSA) is 43.4 Å². The van der Waals surface area contributed by atoms with Gasteiger partial charge in [-0.25, -0.2) is 0 Å². The van der Waals surface area contributed by atoms with Crippen molar-refractivity contribution in [2.45, 2.75) is 31.2 Å². The molecule has 0 aromatic heterocycles. The minimum atomic E-state index is -5.50. The highest BCUT2D eigenvalue weighted by atomic mass is 32.2. The van der Waals surface area contributed by atoms with E-state index in [2.05, 4.69) is 4.18 Å². The molecule has 0 amide bonds. The molecule has 18 heavy (non-hydrogen) atoms. The Kier molecular flexibility index (Phi) is 2.50. The fourth-order valence-electron chi connectivity index (χ4n) is 3.81. The van der Waals surface area contributed by atoms with Crippen LogP contribution in [0.25, 0.3) is 0 Å². The first-order valence-electron chi connectivity index (χ1n) is 6.02. The fraction of sp³-hybridized carbons (Fsp3) is 0.818. The zero-order chi connectivity index (χ0) is 13.1. The van der Waals surface area contributed by atoms with Crippen molar-refractivity contribution in [1.29, 1.82) is 0 Å². The van der Waals surface area contributed by atoms with Gasteiger partial charge in [0.15, 0.2) is 0 Å². The third kappa shape index (κ3) is 1.66. The molecule has 4 atom stereocenters. The largest absolute Gasteiger partial charge is 0.534 e. The number of alkyl halides is 3. The molecule has 0 radical (unpaired) electrons. The van der Waals surface area contributed by atoms with Gasteiger partial charge in [-0.05, 0) is 43.1 Å². The van der Waals surface area contributed by atoms with Crippen molar-refractivity contribution >= 4 is 10.1 Å². The summed E-state index contributed by atoms with van der Waals surface area (Å²) in [5, 5.41) is 0. The Morgan fingerprint density at radius 1 is 1.22 bits per heavy atom. The van der Waals surface area contributed by atoms with E-state index in [0.29, 0.717) is 11.8 Å². The van der Waals surface area contributed by atoms with Crippen LogP contribution in [-0.4, -0.2) is 13.9 Å². The molecule has 102 valence electrons. The zero-order valence-electron chi connectivity index (χ0n) is 9.48. The third-order valence-electron chi connectivity index (χ3n) is 4.45. The molecule has 0 aromatic rings. The molecule has 4 unspecified atom stereocenters. The first-order valence-corrected chi connectivity index (χ1v) is 7.43. The van der Waals surface area contributed by atoms with Crippen LogP contribution in [0.1, 0.15) is 25.7 Å². The van der Waals surface area contributed by atoms with Crippen LogP contribution in [0.15, 0.2) is 11.8 Å². The summed E-state index contributed by atoms with van der Waals surface area (Å²) in [4.78, 5) is 0. The van der Waals surface area contributed by atoms with Crippen LogP contribution in [-0.2, 0) is 14.3 Å². The lowest BCUT2D eigenvalue weighted by Gasteiger charge is -2.24. The Labute approximate surface area is 103 Å². The van der Waals surface area contributed by atoms with E-state index in [-0.39, 0.29) is 17.6 Å². The second-order valence-electron chi connectivity index (χ2n) is 5.32. The third-order valence-corrected chi connectivity index (χ3v) is 5.43. The normalized spacial score (nSPS) is 38.7. The molecule has 0 spiro atoms. The summed E-state index contributed by atoms with van der Waals surface area (Å²) in [5.74, 6) is 0.954. The number of allylic oxidation sites excluding steroid dienone is 2. The Morgan fingerprint density at radius 2 is 1.89 bits per heavy atom. The number of rotatable bonds is 2. The molecule has 3 rings (SSSR count). The van der Waals surface area contributed by atoms with Gasteiger partial charge in [0.05, 0.1) is 0 Å². The van der Waals surface area contributed by atoms with E-state index in [1.54, 1.807) is 6.08 Å². The molecular formula is C11H13F3O3S. The van der Waals surface area contributed by atoms with Crippen LogP contribution in [0.2, 0.25) is 0 Å². The SMILES string of the molecule is O=S(=O)(OC1=CC2CC1C1CCCC21)C(F)(F)F. The molecule has 2 saturated carbocycles. The molecule has 0 saturated heterocycles. The van der Waals surface area contributed by atoms with E-state index >= 15 is 0 Å². The van der Waals surface area contributed by atoms with Gasteiger partial charge in [-0.2, -0.15) is 21.6 Å². The van der Waals surface area contributed by atoms with Gasteiger partial charge in [-0.15, -0.1) is 0 Å². The molecule has 3 aliphatic rings. The minimum Gasteiger partial charge on any atom is -0.381 e. The molecule has 0 aromatic carbocycles. The quantitative estimate of drug-likeness (QED) is 0.578. The number of hydrogen-bond acceptors (Lipinski definition) is 3. The molecule has 2 bridgehead atoms. The van der Waals surface area contributed by atoms with Crippen molar-refractivity contribution in [1.82, 2.24) is 0 Å². The summed E-state index contributed by atoms with van der Waals surface area (Å²) in [7, 11) is -5.50. The van der Waals surface area contributed by atoms with E-state index in [1.165, 1.54) is 0 Å². The van der Waals surface area contributed by atoms with Crippen molar-refractivity contribution in [3.63, 3.8) is 0 Å². The molecule has 3 aliphatic carbocycles. The molecule has 0 N–H and O–H groups in total. The molecule has 2 fully saturated rings. The van der Waals surface area contributed by atoms with E-state index in [0.717, 1.165) is 25.7 Å². The first-order chi connectivity index (χ1) is 8.29. The van der Waals surface area contributed by atoms with Gasteiger partial charge < -0.3 is 4.18 Å². The predicted molar refractivity (Wildman–Crippen MR) is 56.6 cm³/mol. The van der Waals surface area contributed by atoms with Gasteiger partial charge in [0.25, 0.3) is 0 Å². The van der Waals surface area contributed by atoms with Crippen molar-refractivity contribution in [2.24, 2.45) is 23.7 Å². The summed E-state index contributed by atoms with van der Waals surface area (Å²) in [6, 6.07) is 0. The van der Waals surface area contributed by atoms with Gasteiger partial charge >= 0.3 is 15.6 Å². The smallest absolute Gasteiger partial charge is 0.381 e. The lowest BCUT2D eigenvalue weighted by atomic mass is 9.85. The standard InChI is InChI=1S/C11H13F3O3S/c12-11(13,14)18(15,16)17-10-5-6-4-9(10)8-3-1-2-7(6)8/h5-9H,1-4H2. The monoisotopic (exact) mass is 282 g/mol. The summed E-state index contributed by atoms with van der Waals surface area (Å²) in [5.41, 5.74) is -5.34. The predicted octanol–water partition coefficient (Wildman–Crippen LogP) is 2.80. The van der Waals surface area contributed by atoms with Crippen LogP contribution >= 0.6 is 0 Å². The molecule has 3 nitrogen and oxygen atoms in total. The fourth-order valence-corrected chi connectivity index (χ4v) is 4.34. The molecule has 7 heteroatoms. The van der Waals surface area contributed by atoms with Crippen molar-refractivity contribution in [3.05, 3.63) is 11.8 Å². The second kappa shape index (κ2) is 3.65. The maximum Gasteiger partial charge on any atom is 0.534 e. The van der Waals surface area contributed by atoms with Crippen LogP contribution in [0.4, 0.5) is 13.2 Å². The average molecular weight is 282 g/mol. The molecule has 0 heterocycles. The van der Waals surface area contributed by atoms with Crippen molar-refractivity contribution in [2.75, 3.05) is 0 Å². The molecular weight excluding hydrogens is 269 g/mol. The van der Waals surface area contributed by atoms with Crippen LogP contribution in [0, 0.1) is 23.7 Å². The maximum absolute atomic E-state index is 12.3. The molecule has 0 aliphatic heterocycles. The van der Waals surface area contributed by atoms with Gasteiger partial charge in [0.1, 0.15) is 5.76 Å². The van der Waals surface area contributed by atoms with Crippen molar-refractivity contribution in [3.8, 4) is 0 Å². The van der Waals surface area contributed by atoms with Gasteiger partial charge in [-0.1, -0.05) is 6.42 Å². The summed E-state index contributed by atoms with van der Waals surface area (Å²) >= 11 is 0. The highest BCUT2D eigenvalue weighted by molar-refractivity contribution is 7.87. The summed E-state index contributed by atoms with van der Waals surface area (Å²) < 4.78 is 63.1. The van der Waals surface area contributed by atoms with Crippen molar-refractivity contribution < 1.29 is 25.8 Å². The zero-order valence-corrected chi connectivity index (χ0v) is 10.3. The Balaban J connectivity index is 1.81. The Hall–Kier alpha value is -0.720. The van der Waals surface area contributed by atoms with Gasteiger partial charge in [-0.3, -0.25) is 0 Å². The van der Waals surface area contributed by atoms with Crippen LogP contribution < -0.4 is 0 Å². The first kappa shape index (κ1) is 12.3. The number of halogens is 3. The van der Waals surface area contributed by atoms with Gasteiger partial charge in [0.2, 0.25) is 0 Å². The minimum absolute atomic E-state index is 0.0282. The number of hydrogen-bond donors (Lipinski definition) is 0. The Morgan fingerprint density at radius 3 is 2.56 bits per heavy atom. The summed E-state index contributed by atoms with van der Waals surface area (Å²) in [6.45, 7) is 0. The van der Waals surface area contributed by atoms with Crippen LogP contribution in [0.3, 0.4) is 0 Å². The van der Waals surface area contributed by atoms with E-state index in [9.17, 15) is 21.6 Å². The highest BCUT2D eigenvalue weighted by Crippen LogP contribution is 2.58. The maximum atomic E-state index is 12.3. The lowest BCUT2D eigenvalue weighted by molar-refractivity contribution is -0.0528. The van der Waals surface area contributed by atoms with E-state index in [1.807, 2.05) is 0 Å². The lowest BCUT2D eigenvalue weighted by Crippen LogP contribution is -2.28. The van der Waals surface area contributed by atoms with Gasteiger partial charge in [0, 0.05) is 5.92 Å². The Bertz CT molecular complexity index is 494.